The van der Waals surface area contributed by atoms with Crippen LogP contribution in [-0.2, 0) is 18.1 Å². The summed E-state index contributed by atoms with van der Waals surface area (Å²) >= 11 is 0. The monoisotopic (exact) mass is 221 g/mol. The molecule has 3 heteroatoms. The van der Waals surface area contributed by atoms with Crippen LogP contribution in [0.15, 0.2) is 24.3 Å². The predicted octanol–water partition coefficient (Wildman–Crippen LogP) is 1.47. The summed E-state index contributed by atoms with van der Waals surface area (Å²) in [6, 6.07) is 8.32. The first-order valence-corrected chi connectivity index (χ1v) is 5.86. The van der Waals surface area contributed by atoms with Crippen LogP contribution in [0.4, 0.5) is 0 Å². The van der Waals surface area contributed by atoms with Gasteiger partial charge in [0.05, 0.1) is 6.61 Å². The molecule has 0 amide bonds. The van der Waals surface area contributed by atoms with E-state index in [1.54, 1.807) is 0 Å². The summed E-state index contributed by atoms with van der Waals surface area (Å²) in [4.78, 5) is 0. The van der Waals surface area contributed by atoms with Crippen LogP contribution < -0.4 is 11.5 Å². The van der Waals surface area contributed by atoms with E-state index in [-0.39, 0.29) is 6.61 Å². The highest BCUT2D eigenvalue weighted by Crippen LogP contribution is 2.13. The molecular formula is C13H21N2O. The summed E-state index contributed by atoms with van der Waals surface area (Å²) < 4.78 is 0. The highest BCUT2D eigenvalue weighted by Gasteiger charge is 2.06. The summed E-state index contributed by atoms with van der Waals surface area (Å²) in [5.74, 6) is 0.367. The van der Waals surface area contributed by atoms with Crippen molar-refractivity contribution in [3.63, 3.8) is 0 Å². The molecule has 16 heavy (non-hydrogen) atoms. The lowest BCUT2D eigenvalue weighted by Crippen LogP contribution is -2.16. The van der Waals surface area contributed by atoms with E-state index in [0.29, 0.717) is 25.4 Å². The quantitative estimate of drug-likeness (QED) is 0.732. The second-order valence-electron chi connectivity index (χ2n) is 4.15. The minimum atomic E-state index is -0.0199. The Morgan fingerprint density at radius 2 is 1.62 bits per heavy atom. The minimum Gasteiger partial charge on any atom is -0.330 e. The molecule has 1 unspecified atom stereocenters. The molecular weight excluding hydrogens is 200 g/mol. The second-order valence-corrected chi connectivity index (χ2v) is 4.15. The van der Waals surface area contributed by atoms with E-state index >= 15 is 0 Å². The Hall–Kier alpha value is -0.900. The van der Waals surface area contributed by atoms with E-state index in [9.17, 15) is 5.11 Å². The molecule has 1 rings (SSSR count). The van der Waals surface area contributed by atoms with Gasteiger partial charge in [0.2, 0.25) is 0 Å². The molecule has 4 N–H and O–H groups in total. The number of hydrogen-bond acceptors (Lipinski definition) is 2. The van der Waals surface area contributed by atoms with E-state index in [2.05, 4.69) is 24.3 Å². The van der Waals surface area contributed by atoms with Crippen LogP contribution in [0.2, 0.25) is 0 Å². The van der Waals surface area contributed by atoms with E-state index < -0.39 is 0 Å². The van der Waals surface area contributed by atoms with Crippen LogP contribution in [0.3, 0.4) is 0 Å². The first kappa shape index (κ1) is 13.2. The second kappa shape index (κ2) is 7.39. The van der Waals surface area contributed by atoms with Gasteiger partial charge in [-0.25, -0.2) is 5.11 Å². The van der Waals surface area contributed by atoms with Crippen LogP contribution >= 0.6 is 0 Å². The molecule has 0 heterocycles. The van der Waals surface area contributed by atoms with E-state index in [4.69, 9.17) is 11.5 Å². The van der Waals surface area contributed by atoms with Crippen LogP contribution in [0, 0.1) is 5.92 Å². The van der Waals surface area contributed by atoms with Crippen LogP contribution in [-0.4, -0.2) is 13.2 Å². The van der Waals surface area contributed by atoms with Gasteiger partial charge in [-0.15, -0.1) is 0 Å². The van der Waals surface area contributed by atoms with Gasteiger partial charge in [0, 0.05) is 6.54 Å². The molecule has 0 aliphatic carbocycles. The van der Waals surface area contributed by atoms with Gasteiger partial charge in [-0.1, -0.05) is 24.3 Å². The number of hydrogen-bond donors (Lipinski definition) is 2. The van der Waals surface area contributed by atoms with Crippen molar-refractivity contribution < 1.29 is 5.11 Å². The molecule has 89 valence electrons. The zero-order valence-electron chi connectivity index (χ0n) is 9.69. The molecule has 0 aliphatic heterocycles. The van der Waals surface area contributed by atoms with Gasteiger partial charge < -0.3 is 11.5 Å². The molecule has 1 aromatic rings. The lowest BCUT2D eigenvalue weighted by atomic mass is 9.96. The molecule has 1 radical (unpaired) electrons. The Balaban J connectivity index is 2.40. The Kier molecular flexibility index (Phi) is 6.08. The average Bonchev–Trinajstić information content (AvgIpc) is 2.35. The zero-order valence-corrected chi connectivity index (χ0v) is 9.69. The van der Waals surface area contributed by atoms with Crippen molar-refractivity contribution in [1.82, 2.24) is 0 Å². The predicted molar refractivity (Wildman–Crippen MR) is 65.4 cm³/mol. The molecule has 0 spiro atoms. The van der Waals surface area contributed by atoms with Crippen LogP contribution in [0.25, 0.3) is 0 Å². The highest BCUT2D eigenvalue weighted by atomic mass is 16.3. The third-order valence-corrected chi connectivity index (χ3v) is 2.96. The van der Waals surface area contributed by atoms with E-state index in [1.165, 1.54) is 5.56 Å². The lowest BCUT2D eigenvalue weighted by molar-refractivity contribution is 0.169. The Morgan fingerprint density at radius 3 is 2.12 bits per heavy atom. The standard InChI is InChI=1S/C13H21N2O/c14-9-12-4-1-11(2-5-12)3-6-13(10-15)7-8-16/h1-2,4-5,13H,3,6-10,14-15H2. The number of aryl methyl sites for hydroxylation is 1. The lowest BCUT2D eigenvalue weighted by Gasteiger charge is -2.12. The summed E-state index contributed by atoms with van der Waals surface area (Å²) in [7, 11) is 0. The van der Waals surface area contributed by atoms with Gasteiger partial charge in [0.25, 0.3) is 0 Å². The number of nitrogens with two attached hydrogens (primary N) is 2. The number of rotatable bonds is 7. The first-order valence-electron chi connectivity index (χ1n) is 5.86. The summed E-state index contributed by atoms with van der Waals surface area (Å²) in [5, 5.41) is 10.5. The molecule has 0 aromatic heterocycles. The largest absolute Gasteiger partial charge is 0.330 e. The Labute approximate surface area is 97.5 Å². The summed E-state index contributed by atoms with van der Waals surface area (Å²) in [6.45, 7) is 1.18. The third kappa shape index (κ3) is 4.31. The van der Waals surface area contributed by atoms with Crippen LogP contribution in [0.5, 0.6) is 0 Å². The SMILES string of the molecule is NCc1ccc(CCC(CN)CC[O])cc1. The van der Waals surface area contributed by atoms with Crippen molar-refractivity contribution >= 4 is 0 Å². The van der Waals surface area contributed by atoms with Gasteiger partial charge in [-0.2, -0.15) is 0 Å². The van der Waals surface area contributed by atoms with Crippen molar-refractivity contribution in [2.24, 2.45) is 17.4 Å². The van der Waals surface area contributed by atoms with E-state index in [0.717, 1.165) is 18.4 Å². The molecule has 1 atom stereocenters. The van der Waals surface area contributed by atoms with Crippen molar-refractivity contribution in [3.05, 3.63) is 35.4 Å². The third-order valence-electron chi connectivity index (χ3n) is 2.96. The van der Waals surface area contributed by atoms with Gasteiger partial charge >= 0.3 is 0 Å². The fourth-order valence-electron chi connectivity index (χ4n) is 1.76. The van der Waals surface area contributed by atoms with Crippen molar-refractivity contribution in [3.8, 4) is 0 Å². The molecule has 1 aromatic carbocycles. The molecule has 0 aliphatic rings. The normalized spacial score (nSPS) is 12.7. The molecule has 3 nitrogen and oxygen atoms in total. The Bertz CT molecular complexity index is 284. The van der Waals surface area contributed by atoms with Gasteiger partial charge in [0.15, 0.2) is 0 Å². The zero-order chi connectivity index (χ0) is 11.8. The van der Waals surface area contributed by atoms with Crippen LogP contribution in [0.1, 0.15) is 24.0 Å². The summed E-state index contributed by atoms with van der Waals surface area (Å²) in [6.07, 6.45) is 2.69. The summed E-state index contributed by atoms with van der Waals surface area (Å²) in [5.41, 5.74) is 13.6. The fourth-order valence-corrected chi connectivity index (χ4v) is 1.76. The maximum atomic E-state index is 10.5. The average molecular weight is 221 g/mol. The first-order chi connectivity index (χ1) is 7.80. The molecule has 0 saturated carbocycles. The van der Waals surface area contributed by atoms with Gasteiger partial charge in [-0.05, 0) is 42.9 Å². The maximum Gasteiger partial charge on any atom is 0.0825 e. The maximum absolute atomic E-state index is 10.5. The highest BCUT2D eigenvalue weighted by molar-refractivity contribution is 5.22. The molecule has 0 bridgehead atoms. The minimum absolute atomic E-state index is 0.0199. The van der Waals surface area contributed by atoms with E-state index in [1.807, 2.05) is 0 Å². The molecule has 0 fully saturated rings. The molecule has 0 saturated heterocycles. The topological polar surface area (TPSA) is 71.9 Å². The van der Waals surface area contributed by atoms with Crippen molar-refractivity contribution in [2.75, 3.05) is 13.2 Å². The number of benzene rings is 1. The Morgan fingerprint density at radius 1 is 1.00 bits per heavy atom. The van der Waals surface area contributed by atoms with Gasteiger partial charge in [0.1, 0.15) is 0 Å². The van der Waals surface area contributed by atoms with Gasteiger partial charge in [-0.3, -0.25) is 0 Å². The van der Waals surface area contributed by atoms with Crippen molar-refractivity contribution in [1.29, 1.82) is 0 Å². The fraction of sp³-hybridized carbons (Fsp3) is 0.538. The van der Waals surface area contributed by atoms with Crippen molar-refractivity contribution in [2.45, 2.75) is 25.8 Å². The smallest absolute Gasteiger partial charge is 0.0825 e.